The standard InChI is InChI=1S/C27H32ClN3O4/c1-4-7-8-14-35-21-12-9-17(15-22(21)34-6-3)26-23-24(19-16-18(28)10-11-20(19)32)29-30-25(23)27(33)31(26)13-5-2/h9-12,15-16,26,32H,4-8,13-14H2,1-3H3,(H,29,30). The van der Waals surface area contributed by atoms with Crippen LogP contribution in [-0.2, 0) is 0 Å². The number of aromatic nitrogens is 2. The van der Waals surface area contributed by atoms with Gasteiger partial charge in [-0.3, -0.25) is 9.89 Å². The van der Waals surface area contributed by atoms with Gasteiger partial charge in [0.05, 0.1) is 19.3 Å². The number of unbranched alkanes of at least 4 members (excludes halogenated alkanes) is 2. The number of carbonyl (C=O) groups excluding carboxylic acids is 1. The smallest absolute Gasteiger partial charge is 0.273 e. The summed E-state index contributed by atoms with van der Waals surface area (Å²) in [6, 6.07) is 10.3. The van der Waals surface area contributed by atoms with Gasteiger partial charge in [0.2, 0.25) is 0 Å². The van der Waals surface area contributed by atoms with Gasteiger partial charge in [-0.05, 0) is 55.7 Å². The zero-order chi connectivity index (χ0) is 24.9. The average Bonchev–Trinajstić information content (AvgIpc) is 3.39. The number of amides is 1. The molecule has 35 heavy (non-hydrogen) atoms. The van der Waals surface area contributed by atoms with Crippen LogP contribution in [0.25, 0.3) is 11.3 Å². The minimum atomic E-state index is -0.391. The van der Waals surface area contributed by atoms with Gasteiger partial charge in [0, 0.05) is 22.7 Å². The summed E-state index contributed by atoms with van der Waals surface area (Å²) in [6.07, 6.45) is 4.02. The molecule has 2 aromatic carbocycles. The molecule has 1 unspecified atom stereocenters. The molecule has 0 aliphatic carbocycles. The van der Waals surface area contributed by atoms with E-state index in [1.54, 1.807) is 12.1 Å². The lowest BCUT2D eigenvalue weighted by molar-refractivity contribution is 0.0743. The Morgan fingerprint density at radius 3 is 2.63 bits per heavy atom. The van der Waals surface area contributed by atoms with Crippen molar-refractivity contribution < 1.29 is 19.4 Å². The third kappa shape index (κ3) is 4.96. The SMILES string of the molecule is CCCCCOc1ccc(C2c3c(-c4cc(Cl)ccc4O)n[nH]c3C(=O)N2CCC)cc1OCC. The highest BCUT2D eigenvalue weighted by atomic mass is 35.5. The van der Waals surface area contributed by atoms with Crippen molar-refractivity contribution in [3.63, 3.8) is 0 Å². The van der Waals surface area contributed by atoms with Crippen LogP contribution in [0, 0.1) is 0 Å². The first-order valence-corrected chi connectivity index (χ1v) is 12.7. The summed E-state index contributed by atoms with van der Waals surface area (Å²) in [7, 11) is 0. The molecule has 0 radical (unpaired) electrons. The zero-order valence-electron chi connectivity index (χ0n) is 20.4. The van der Waals surface area contributed by atoms with Crippen molar-refractivity contribution in [2.45, 2.75) is 52.5 Å². The van der Waals surface area contributed by atoms with Gasteiger partial charge in [-0.15, -0.1) is 0 Å². The van der Waals surface area contributed by atoms with E-state index in [4.69, 9.17) is 21.1 Å². The molecule has 0 fully saturated rings. The highest BCUT2D eigenvalue weighted by Crippen LogP contribution is 2.46. The summed E-state index contributed by atoms with van der Waals surface area (Å²) in [6.45, 7) is 7.83. The Kier molecular flexibility index (Phi) is 7.86. The summed E-state index contributed by atoms with van der Waals surface area (Å²) in [5, 5.41) is 18.4. The number of hydrogen-bond acceptors (Lipinski definition) is 5. The first kappa shape index (κ1) is 24.9. The summed E-state index contributed by atoms with van der Waals surface area (Å²) in [5.74, 6) is 1.27. The molecule has 0 bridgehead atoms. The Morgan fingerprint density at radius 1 is 1.06 bits per heavy atom. The summed E-state index contributed by atoms with van der Waals surface area (Å²) >= 11 is 6.22. The van der Waals surface area contributed by atoms with Crippen molar-refractivity contribution in [2.24, 2.45) is 0 Å². The van der Waals surface area contributed by atoms with Crippen LogP contribution in [0.2, 0.25) is 5.02 Å². The van der Waals surface area contributed by atoms with Crippen LogP contribution in [0.15, 0.2) is 36.4 Å². The van der Waals surface area contributed by atoms with Crippen LogP contribution in [0.4, 0.5) is 0 Å². The van der Waals surface area contributed by atoms with E-state index in [1.807, 2.05) is 36.9 Å². The van der Waals surface area contributed by atoms with Crippen molar-refractivity contribution >= 4 is 17.5 Å². The van der Waals surface area contributed by atoms with Crippen LogP contribution >= 0.6 is 11.6 Å². The highest BCUT2D eigenvalue weighted by molar-refractivity contribution is 6.31. The number of rotatable bonds is 11. The molecule has 1 amide bonds. The summed E-state index contributed by atoms with van der Waals surface area (Å²) in [5.41, 5.74) is 3.02. The molecule has 3 aromatic rings. The number of aromatic amines is 1. The number of phenols is 1. The number of halogens is 1. The number of H-pyrrole nitrogens is 1. The number of fused-ring (bicyclic) bond motifs is 1. The molecule has 1 aromatic heterocycles. The van der Waals surface area contributed by atoms with Gasteiger partial charge >= 0.3 is 0 Å². The van der Waals surface area contributed by atoms with Crippen LogP contribution < -0.4 is 9.47 Å². The third-order valence-electron chi connectivity index (χ3n) is 6.13. The second-order valence-electron chi connectivity index (χ2n) is 8.62. The fourth-order valence-corrected chi connectivity index (χ4v) is 4.71. The Labute approximate surface area is 211 Å². The van der Waals surface area contributed by atoms with Gasteiger partial charge in [0.1, 0.15) is 17.1 Å². The number of aromatic hydroxyl groups is 1. The minimum Gasteiger partial charge on any atom is -0.507 e. The molecule has 7 nitrogen and oxygen atoms in total. The number of hydrogen-bond donors (Lipinski definition) is 2. The zero-order valence-corrected chi connectivity index (χ0v) is 21.2. The van der Waals surface area contributed by atoms with Gasteiger partial charge < -0.3 is 19.5 Å². The first-order chi connectivity index (χ1) is 17.0. The molecule has 4 rings (SSSR count). The molecular formula is C27H32ClN3O4. The van der Waals surface area contributed by atoms with Crippen molar-refractivity contribution in [1.29, 1.82) is 0 Å². The Balaban J connectivity index is 1.79. The van der Waals surface area contributed by atoms with Crippen molar-refractivity contribution in [3.8, 4) is 28.5 Å². The average molecular weight is 498 g/mol. The second kappa shape index (κ2) is 11.0. The molecule has 1 atom stereocenters. The van der Waals surface area contributed by atoms with Gasteiger partial charge in [0.25, 0.3) is 5.91 Å². The predicted molar refractivity (Wildman–Crippen MR) is 136 cm³/mol. The molecule has 1 aliphatic rings. The fourth-order valence-electron chi connectivity index (χ4n) is 4.53. The number of nitrogens with one attached hydrogen (secondary N) is 1. The number of carbonyl (C=O) groups is 1. The Bertz CT molecular complexity index is 1190. The first-order valence-electron chi connectivity index (χ1n) is 12.3. The van der Waals surface area contributed by atoms with E-state index < -0.39 is 6.04 Å². The van der Waals surface area contributed by atoms with Crippen LogP contribution in [0.5, 0.6) is 17.2 Å². The van der Waals surface area contributed by atoms with Crippen LogP contribution in [0.3, 0.4) is 0 Å². The number of phenolic OH excluding ortho intramolecular Hbond substituents is 1. The Hall–Kier alpha value is -3.19. The minimum absolute atomic E-state index is 0.0506. The van der Waals surface area contributed by atoms with Gasteiger partial charge in [-0.1, -0.05) is 44.4 Å². The maximum Gasteiger partial charge on any atom is 0.273 e. The van der Waals surface area contributed by atoms with E-state index in [0.29, 0.717) is 53.2 Å². The summed E-state index contributed by atoms with van der Waals surface area (Å²) < 4.78 is 11.9. The molecule has 2 N–H and O–H groups in total. The lowest BCUT2D eigenvalue weighted by atomic mass is 9.95. The topological polar surface area (TPSA) is 87.7 Å². The summed E-state index contributed by atoms with van der Waals surface area (Å²) in [4.78, 5) is 15.2. The highest BCUT2D eigenvalue weighted by Gasteiger charge is 2.42. The van der Waals surface area contributed by atoms with E-state index in [1.165, 1.54) is 6.07 Å². The molecule has 8 heteroatoms. The largest absolute Gasteiger partial charge is 0.507 e. The molecule has 0 spiro atoms. The van der Waals surface area contributed by atoms with Crippen LogP contribution in [0.1, 0.15) is 74.1 Å². The maximum atomic E-state index is 13.4. The molecule has 186 valence electrons. The molecule has 0 saturated heterocycles. The fraction of sp³-hybridized carbons (Fsp3) is 0.407. The number of ether oxygens (including phenoxy) is 2. The number of nitrogens with zero attached hydrogens (tertiary/aromatic N) is 2. The van der Waals surface area contributed by atoms with E-state index >= 15 is 0 Å². The second-order valence-corrected chi connectivity index (χ2v) is 9.05. The quantitative estimate of drug-likeness (QED) is 0.301. The monoisotopic (exact) mass is 497 g/mol. The van der Waals surface area contributed by atoms with Crippen molar-refractivity contribution in [1.82, 2.24) is 15.1 Å². The third-order valence-corrected chi connectivity index (χ3v) is 6.37. The van der Waals surface area contributed by atoms with Gasteiger partial charge in [0.15, 0.2) is 11.5 Å². The molecular weight excluding hydrogens is 466 g/mol. The van der Waals surface area contributed by atoms with Crippen molar-refractivity contribution in [3.05, 3.63) is 58.2 Å². The maximum absolute atomic E-state index is 13.4. The van der Waals surface area contributed by atoms with E-state index in [0.717, 1.165) is 36.8 Å². The van der Waals surface area contributed by atoms with Crippen LogP contribution in [-0.4, -0.2) is 45.9 Å². The van der Waals surface area contributed by atoms with Gasteiger partial charge in [-0.2, -0.15) is 5.10 Å². The normalized spacial score (nSPS) is 14.9. The molecule has 2 heterocycles. The predicted octanol–water partition coefficient (Wildman–Crippen LogP) is 6.36. The van der Waals surface area contributed by atoms with E-state index in [-0.39, 0.29) is 11.7 Å². The molecule has 0 saturated carbocycles. The van der Waals surface area contributed by atoms with E-state index in [9.17, 15) is 9.90 Å². The van der Waals surface area contributed by atoms with E-state index in [2.05, 4.69) is 17.1 Å². The molecule has 1 aliphatic heterocycles. The Morgan fingerprint density at radius 2 is 1.89 bits per heavy atom. The number of benzene rings is 2. The lowest BCUT2D eigenvalue weighted by Gasteiger charge is -2.26. The van der Waals surface area contributed by atoms with Gasteiger partial charge in [-0.25, -0.2) is 0 Å². The van der Waals surface area contributed by atoms with Crippen molar-refractivity contribution in [2.75, 3.05) is 19.8 Å². The lowest BCUT2D eigenvalue weighted by Crippen LogP contribution is -2.30.